The van der Waals surface area contributed by atoms with E-state index in [1.54, 1.807) is 36.4 Å². The molecule has 0 bridgehead atoms. The van der Waals surface area contributed by atoms with Crippen LogP contribution in [0.5, 0.6) is 28.7 Å². The number of fused-ring (bicyclic) bond motifs is 3. The quantitative estimate of drug-likeness (QED) is 0.341. The van der Waals surface area contributed by atoms with Crippen LogP contribution in [0.25, 0.3) is 22.8 Å². The number of hydrogen-bond acceptors (Lipinski definition) is 5. The van der Waals surface area contributed by atoms with Crippen molar-refractivity contribution in [2.75, 3.05) is 0 Å². The van der Waals surface area contributed by atoms with Gasteiger partial charge in [0.15, 0.2) is 23.0 Å². The van der Waals surface area contributed by atoms with E-state index in [2.05, 4.69) is 0 Å². The maximum absolute atomic E-state index is 10.4. The molecule has 124 valence electrons. The molecule has 0 spiro atoms. The number of hydrogen-bond donors (Lipinski definition) is 5. The van der Waals surface area contributed by atoms with E-state index in [1.807, 2.05) is 0 Å². The summed E-state index contributed by atoms with van der Waals surface area (Å²) in [6.07, 6.45) is 1.78. The van der Waals surface area contributed by atoms with Crippen LogP contribution in [0.1, 0.15) is 16.7 Å². The first kappa shape index (κ1) is 15.0. The lowest BCUT2D eigenvalue weighted by Crippen LogP contribution is -1.84. The van der Waals surface area contributed by atoms with Gasteiger partial charge in [-0.2, -0.15) is 0 Å². The lowest BCUT2D eigenvalue weighted by atomic mass is 9.99. The molecule has 5 N–H and O–H groups in total. The number of benzene rings is 3. The van der Waals surface area contributed by atoms with E-state index in [-0.39, 0.29) is 28.7 Å². The molecule has 3 aromatic rings. The molecular weight excluding hydrogens is 320 g/mol. The highest BCUT2D eigenvalue weighted by atomic mass is 16.3. The Bertz CT molecular complexity index is 1030. The maximum atomic E-state index is 10.4. The van der Waals surface area contributed by atoms with Crippen LogP contribution in [0, 0.1) is 0 Å². The van der Waals surface area contributed by atoms with Crippen molar-refractivity contribution in [3.63, 3.8) is 0 Å². The van der Waals surface area contributed by atoms with Gasteiger partial charge < -0.3 is 25.5 Å². The highest BCUT2D eigenvalue weighted by Gasteiger charge is 2.29. The summed E-state index contributed by atoms with van der Waals surface area (Å²) >= 11 is 0. The Kier molecular flexibility index (Phi) is 3.12. The molecule has 0 aliphatic heterocycles. The minimum absolute atomic E-state index is 0.137. The number of phenolic OH excluding ortho intramolecular Hbond substituents is 5. The van der Waals surface area contributed by atoms with E-state index in [0.717, 1.165) is 5.56 Å². The van der Waals surface area contributed by atoms with Crippen molar-refractivity contribution in [1.29, 1.82) is 0 Å². The van der Waals surface area contributed by atoms with Gasteiger partial charge in [0.1, 0.15) is 5.75 Å². The lowest BCUT2D eigenvalue weighted by molar-refractivity contribution is 0.403. The Morgan fingerprint density at radius 3 is 1.92 bits per heavy atom. The zero-order valence-corrected chi connectivity index (χ0v) is 12.9. The Hall–Kier alpha value is -3.60. The molecule has 0 saturated heterocycles. The minimum Gasteiger partial charge on any atom is -0.508 e. The van der Waals surface area contributed by atoms with Gasteiger partial charge in [-0.3, -0.25) is 0 Å². The third kappa shape index (κ3) is 2.25. The molecule has 0 saturated carbocycles. The van der Waals surface area contributed by atoms with Gasteiger partial charge in [-0.25, -0.2) is 0 Å². The number of phenols is 5. The van der Waals surface area contributed by atoms with E-state index < -0.39 is 0 Å². The fourth-order valence-corrected chi connectivity index (χ4v) is 3.12. The zero-order valence-electron chi connectivity index (χ0n) is 12.9. The predicted molar refractivity (Wildman–Crippen MR) is 93.6 cm³/mol. The molecule has 1 aliphatic carbocycles. The second-order valence-corrected chi connectivity index (χ2v) is 5.89. The van der Waals surface area contributed by atoms with Crippen molar-refractivity contribution in [3.05, 3.63) is 65.2 Å². The standard InChI is InChI=1S/C20H14O5/c21-11-3-1-10(2-4-11)7-15-14-9-18(24)17(23)8-13(14)12-5-6-16(22)20(25)19(12)15/h1-9,21-25H. The highest BCUT2D eigenvalue weighted by molar-refractivity contribution is 6.09. The Morgan fingerprint density at radius 2 is 1.24 bits per heavy atom. The minimum atomic E-state index is -0.271. The average molecular weight is 334 g/mol. The van der Waals surface area contributed by atoms with E-state index in [9.17, 15) is 25.5 Å². The van der Waals surface area contributed by atoms with Gasteiger partial charge in [0.2, 0.25) is 0 Å². The molecule has 0 atom stereocenters. The smallest absolute Gasteiger partial charge is 0.166 e. The zero-order chi connectivity index (χ0) is 17.7. The van der Waals surface area contributed by atoms with Crippen molar-refractivity contribution >= 4 is 11.6 Å². The third-order valence-electron chi connectivity index (χ3n) is 4.33. The van der Waals surface area contributed by atoms with Gasteiger partial charge >= 0.3 is 0 Å². The van der Waals surface area contributed by atoms with Gasteiger partial charge in [0.05, 0.1) is 0 Å². The Labute approximate surface area is 143 Å². The van der Waals surface area contributed by atoms with Gasteiger partial charge in [0.25, 0.3) is 0 Å². The Balaban J connectivity index is 2.03. The predicted octanol–water partition coefficient (Wildman–Crippen LogP) is 3.78. The topological polar surface area (TPSA) is 101 Å². The van der Waals surface area contributed by atoms with Crippen LogP contribution in [0.2, 0.25) is 0 Å². The first-order valence-corrected chi connectivity index (χ1v) is 7.58. The van der Waals surface area contributed by atoms with Gasteiger partial charge in [-0.1, -0.05) is 12.1 Å². The molecule has 0 aromatic heterocycles. The van der Waals surface area contributed by atoms with Crippen LogP contribution in [0.4, 0.5) is 0 Å². The van der Waals surface area contributed by atoms with E-state index in [4.69, 9.17) is 0 Å². The molecule has 4 rings (SSSR count). The lowest BCUT2D eigenvalue weighted by Gasteiger charge is -2.07. The molecule has 0 amide bonds. The molecule has 0 radical (unpaired) electrons. The average Bonchev–Trinajstić information content (AvgIpc) is 2.87. The fourth-order valence-electron chi connectivity index (χ4n) is 3.12. The van der Waals surface area contributed by atoms with Gasteiger partial charge in [-0.05, 0) is 70.3 Å². The molecule has 5 heteroatoms. The van der Waals surface area contributed by atoms with Crippen molar-refractivity contribution in [2.45, 2.75) is 0 Å². The first-order chi connectivity index (χ1) is 12.0. The Morgan fingerprint density at radius 1 is 0.600 bits per heavy atom. The third-order valence-corrected chi connectivity index (χ3v) is 4.33. The number of rotatable bonds is 1. The summed E-state index contributed by atoms with van der Waals surface area (Å²) in [7, 11) is 0. The molecule has 3 aromatic carbocycles. The molecule has 25 heavy (non-hydrogen) atoms. The summed E-state index contributed by atoms with van der Waals surface area (Å²) in [4.78, 5) is 0. The summed E-state index contributed by atoms with van der Waals surface area (Å²) < 4.78 is 0. The first-order valence-electron chi connectivity index (χ1n) is 7.58. The van der Waals surface area contributed by atoms with Crippen LogP contribution in [-0.2, 0) is 0 Å². The van der Waals surface area contributed by atoms with Crippen molar-refractivity contribution in [3.8, 4) is 39.9 Å². The summed E-state index contributed by atoms with van der Waals surface area (Å²) in [6, 6.07) is 12.4. The number of aromatic hydroxyl groups is 5. The van der Waals surface area contributed by atoms with Gasteiger partial charge in [0, 0.05) is 5.56 Å². The van der Waals surface area contributed by atoms with E-state index >= 15 is 0 Å². The molecule has 5 nitrogen and oxygen atoms in total. The molecule has 0 fully saturated rings. The highest BCUT2D eigenvalue weighted by Crippen LogP contribution is 2.53. The molecule has 0 unspecified atom stereocenters. The molecule has 0 heterocycles. The summed E-state index contributed by atoms with van der Waals surface area (Å²) in [5, 5.41) is 49.4. The largest absolute Gasteiger partial charge is 0.508 e. The van der Waals surface area contributed by atoms with E-state index in [0.29, 0.717) is 27.8 Å². The second-order valence-electron chi connectivity index (χ2n) is 5.89. The van der Waals surface area contributed by atoms with Crippen LogP contribution in [-0.4, -0.2) is 25.5 Å². The van der Waals surface area contributed by atoms with Crippen LogP contribution >= 0.6 is 0 Å². The molecule has 1 aliphatic rings. The van der Waals surface area contributed by atoms with Crippen molar-refractivity contribution < 1.29 is 25.5 Å². The summed E-state index contributed by atoms with van der Waals surface area (Å²) in [5.74, 6) is -0.915. The maximum Gasteiger partial charge on any atom is 0.166 e. The monoisotopic (exact) mass is 334 g/mol. The van der Waals surface area contributed by atoms with Crippen LogP contribution in [0.15, 0.2) is 48.5 Å². The molecular formula is C20H14O5. The van der Waals surface area contributed by atoms with Crippen molar-refractivity contribution in [1.82, 2.24) is 0 Å². The fraction of sp³-hybridized carbons (Fsp3) is 0. The summed E-state index contributed by atoms with van der Waals surface area (Å²) in [5.41, 5.74) is 3.70. The van der Waals surface area contributed by atoms with Crippen molar-refractivity contribution in [2.24, 2.45) is 0 Å². The van der Waals surface area contributed by atoms with Gasteiger partial charge in [-0.15, -0.1) is 0 Å². The SMILES string of the molecule is Oc1ccc(C=C2c3cc(O)c(O)cc3-c3ccc(O)c(O)c32)cc1. The van der Waals surface area contributed by atoms with E-state index in [1.165, 1.54) is 18.2 Å². The van der Waals surface area contributed by atoms with Crippen LogP contribution in [0.3, 0.4) is 0 Å². The van der Waals surface area contributed by atoms with Crippen LogP contribution < -0.4 is 0 Å². The second kappa shape index (κ2) is 5.21. The summed E-state index contributed by atoms with van der Waals surface area (Å²) in [6.45, 7) is 0. The normalized spacial score (nSPS) is 13.7.